The summed E-state index contributed by atoms with van der Waals surface area (Å²) in [5.74, 6) is 1.65. The molecule has 0 spiro atoms. The molecule has 0 aliphatic heterocycles. The number of nitrogens with zero attached hydrogens (tertiary/aromatic N) is 1. The molecule has 1 aromatic heterocycles. The lowest BCUT2D eigenvalue weighted by molar-refractivity contribution is 0.475. The van der Waals surface area contributed by atoms with Gasteiger partial charge in [-0.1, -0.05) is 15.9 Å². The molecule has 1 saturated carbocycles. The highest BCUT2D eigenvalue weighted by atomic mass is 79.9. The molecule has 0 radical (unpaired) electrons. The first-order valence-corrected chi connectivity index (χ1v) is 7.61. The highest BCUT2D eigenvalue weighted by Gasteiger charge is 2.20. The number of halogens is 1. The molecule has 1 aliphatic carbocycles. The summed E-state index contributed by atoms with van der Waals surface area (Å²) in [5.41, 5.74) is 2.25. The van der Waals surface area contributed by atoms with Gasteiger partial charge in [0.25, 0.3) is 0 Å². The van der Waals surface area contributed by atoms with E-state index >= 15 is 0 Å². The average Bonchev–Trinajstić information content (AvgIpc) is 3.24. The van der Waals surface area contributed by atoms with Crippen LogP contribution in [0.5, 0.6) is 11.5 Å². The van der Waals surface area contributed by atoms with Crippen molar-refractivity contribution in [1.29, 1.82) is 0 Å². The number of rotatable bonds is 5. The van der Waals surface area contributed by atoms with Crippen LogP contribution in [0.1, 0.15) is 24.0 Å². The van der Waals surface area contributed by atoms with Crippen LogP contribution in [0.3, 0.4) is 0 Å². The second-order valence-corrected chi connectivity index (χ2v) is 6.11. The fourth-order valence-corrected chi connectivity index (χ4v) is 2.50. The largest absolute Gasteiger partial charge is 0.455 e. The standard InChI is InChI=1S/C16H17BrN2O/c1-11-6-13(17)2-5-16(11)20-15-7-12(8-18-10-15)9-19-14-3-4-14/h2,5-8,10,14,19H,3-4,9H2,1H3. The Balaban J connectivity index is 1.70. The Kier molecular flexibility index (Phi) is 4.03. The minimum absolute atomic E-state index is 0.702. The molecule has 3 rings (SSSR count). The second-order valence-electron chi connectivity index (χ2n) is 5.20. The zero-order valence-corrected chi connectivity index (χ0v) is 13.0. The molecule has 2 aromatic rings. The van der Waals surface area contributed by atoms with E-state index in [-0.39, 0.29) is 0 Å². The summed E-state index contributed by atoms with van der Waals surface area (Å²) in [6, 6.07) is 8.74. The van der Waals surface area contributed by atoms with Crippen LogP contribution in [-0.4, -0.2) is 11.0 Å². The lowest BCUT2D eigenvalue weighted by Gasteiger charge is -2.10. The van der Waals surface area contributed by atoms with Crippen LogP contribution in [0.15, 0.2) is 41.1 Å². The first-order valence-electron chi connectivity index (χ1n) is 6.82. The summed E-state index contributed by atoms with van der Waals surface area (Å²) in [7, 11) is 0. The van der Waals surface area contributed by atoms with Crippen LogP contribution >= 0.6 is 15.9 Å². The maximum absolute atomic E-state index is 5.92. The van der Waals surface area contributed by atoms with Gasteiger partial charge in [0.2, 0.25) is 0 Å². The van der Waals surface area contributed by atoms with Gasteiger partial charge in [0, 0.05) is 23.3 Å². The van der Waals surface area contributed by atoms with Crippen molar-refractivity contribution in [2.45, 2.75) is 32.4 Å². The molecule has 1 fully saturated rings. The molecular weight excluding hydrogens is 316 g/mol. The molecule has 0 bridgehead atoms. The van der Waals surface area contributed by atoms with Crippen molar-refractivity contribution in [1.82, 2.24) is 10.3 Å². The lowest BCUT2D eigenvalue weighted by atomic mass is 10.2. The van der Waals surface area contributed by atoms with Crippen LogP contribution in [-0.2, 0) is 6.54 Å². The van der Waals surface area contributed by atoms with E-state index in [9.17, 15) is 0 Å². The minimum Gasteiger partial charge on any atom is -0.455 e. The first kappa shape index (κ1) is 13.6. The van der Waals surface area contributed by atoms with Crippen LogP contribution in [0, 0.1) is 6.92 Å². The van der Waals surface area contributed by atoms with Crippen molar-refractivity contribution in [2.24, 2.45) is 0 Å². The number of hydrogen-bond donors (Lipinski definition) is 1. The van der Waals surface area contributed by atoms with E-state index in [1.165, 1.54) is 12.8 Å². The highest BCUT2D eigenvalue weighted by Crippen LogP contribution is 2.27. The van der Waals surface area contributed by atoms with Gasteiger partial charge in [-0.15, -0.1) is 0 Å². The SMILES string of the molecule is Cc1cc(Br)ccc1Oc1cncc(CNC2CC2)c1. The molecule has 104 valence electrons. The highest BCUT2D eigenvalue weighted by molar-refractivity contribution is 9.10. The van der Waals surface area contributed by atoms with Crippen molar-refractivity contribution in [2.75, 3.05) is 0 Å². The molecule has 20 heavy (non-hydrogen) atoms. The normalized spacial score (nSPS) is 14.3. The van der Waals surface area contributed by atoms with E-state index in [1.807, 2.05) is 37.4 Å². The van der Waals surface area contributed by atoms with Gasteiger partial charge in [-0.25, -0.2) is 0 Å². The third-order valence-corrected chi connectivity index (χ3v) is 3.80. The van der Waals surface area contributed by atoms with E-state index in [2.05, 4.69) is 26.2 Å². The predicted octanol–water partition coefficient (Wildman–Crippen LogP) is 4.20. The Bertz CT molecular complexity index is 611. The summed E-state index contributed by atoms with van der Waals surface area (Å²) >= 11 is 3.46. The van der Waals surface area contributed by atoms with E-state index in [0.717, 1.165) is 33.6 Å². The molecule has 0 amide bonds. The number of hydrogen-bond acceptors (Lipinski definition) is 3. The molecule has 1 aromatic carbocycles. The summed E-state index contributed by atoms with van der Waals surface area (Å²) in [6.07, 6.45) is 6.22. The first-order chi connectivity index (χ1) is 9.70. The Morgan fingerprint density at radius 3 is 2.90 bits per heavy atom. The summed E-state index contributed by atoms with van der Waals surface area (Å²) in [5, 5.41) is 3.48. The van der Waals surface area contributed by atoms with Gasteiger partial charge in [0.1, 0.15) is 11.5 Å². The molecule has 4 heteroatoms. The second kappa shape index (κ2) is 5.94. The van der Waals surface area contributed by atoms with Crippen LogP contribution in [0.2, 0.25) is 0 Å². The topological polar surface area (TPSA) is 34.1 Å². The Labute approximate surface area is 127 Å². The maximum atomic E-state index is 5.92. The van der Waals surface area contributed by atoms with Gasteiger partial charge >= 0.3 is 0 Å². The quantitative estimate of drug-likeness (QED) is 0.891. The number of nitrogens with one attached hydrogen (secondary N) is 1. The smallest absolute Gasteiger partial charge is 0.146 e. The third kappa shape index (κ3) is 3.58. The van der Waals surface area contributed by atoms with Crippen molar-refractivity contribution < 1.29 is 4.74 Å². The summed E-state index contributed by atoms with van der Waals surface area (Å²) < 4.78 is 6.97. The van der Waals surface area contributed by atoms with Crippen molar-refractivity contribution >= 4 is 15.9 Å². The van der Waals surface area contributed by atoms with Gasteiger partial charge in [-0.05, 0) is 55.2 Å². The van der Waals surface area contributed by atoms with Crippen molar-refractivity contribution in [3.8, 4) is 11.5 Å². The molecule has 0 saturated heterocycles. The van der Waals surface area contributed by atoms with E-state index in [0.29, 0.717) is 6.04 Å². The molecular formula is C16H17BrN2O. The summed E-state index contributed by atoms with van der Waals surface area (Å²) in [4.78, 5) is 4.25. The van der Waals surface area contributed by atoms with Gasteiger partial charge in [-0.3, -0.25) is 4.98 Å². The fourth-order valence-electron chi connectivity index (χ4n) is 2.02. The molecule has 1 heterocycles. The third-order valence-electron chi connectivity index (χ3n) is 3.31. The zero-order chi connectivity index (χ0) is 13.9. The van der Waals surface area contributed by atoms with E-state index < -0.39 is 0 Å². The number of aromatic nitrogens is 1. The maximum Gasteiger partial charge on any atom is 0.146 e. The average molecular weight is 333 g/mol. The Morgan fingerprint density at radius 1 is 1.30 bits per heavy atom. The number of aryl methyl sites for hydroxylation is 1. The zero-order valence-electron chi connectivity index (χ0n) is 11.4. The Hall–Kier alpha value is -1.39. The van der Waals surface area contributed by atoms with Crippen LogP contribution in [0.25, 0.3) is 0 Å². The van der Waals surface area contributed by atoms with E-state index in [4.69, 9.17) is 4.74 Å². The van der Waals surface area contributed by atoms with Crippen LogP contribution < -0.4 is 10.1 Å². The predicted molar refractivity (Wildman–Crippen MR) is 83.1 cm³/mol. The number of pyridine rings is 1. The van der Waals surface area contributed by atoms with Gasteiger partial charge in [0.05, 0.1) is 6.20 Å². The monoisotopic (exact) mass is 332 g/mol. The molecule has 0 atom stereocenters. The van der Waals surface area contributed by atoms with Crippen molar-refractivity contribution in [3.63, 3.8) is 0 Å². The fraction of sp³-hybridized carbons (Fsp3) is 0.312. The molecule has 0 unspecified atom stereocenters. The van der Waals surface area contributed by atoms with Crippen molar-refractivity contribution in [3.05, 3.63) is 52.3 Å². The Morgan fingerprint density at radius 2 is 2.15 bits per heavy atom. The molecule has 3 nitrogen and oxygen atoms in total. The van der Waals surface area contributed by atoms with E-state index in [1.54, 1.807) is 6.20 Å². The van der Waals surface area contributed by atoms with Gasteiger partial charge in [-0.2, -0.15) is 0 Å². The molecule has 1 N–H and O–H groups in total. The van der Waals surface area contributed by atoms with Gasteiger partial charge in [0.15, 0.2) is 0 Å². The van der Waals surface area contributed by atoms with Crippen LogP contribution in [0.4, 0.5) is 0 Å². The number of benzene rings is 1. The summed E-state index contributed by atoms with van der Waals surface area (Å²) in [6.45, 7) is 2.89. The molecule has 1 aliphatic rings. The minimum atomic E-state index is 0.702. The number of ether oxygens (including phenoxy) is 1. The van der Waals surface area contributed by atoms with Gasteiger partial charge < -0.3 is 10.1 Å². The lowest BCUT2D eigenvalue weighted by Crippen LogP contribution is -2.15.